The fourth-order valence-corrected chi connectivity index (χ4v) is 4.09. The Kier molecular flexibility index (Phi) is 8.80. The zero-order valence-electron chi connectivity index (χ0n) is 19.0. The lowest BCUT2D eigenvalue weighted by atomic mass is 9.73. The highest BCUT2D eigenvalue weighted by atomic mass is 35.5. The lowest BCUT2D eigenvalue weighted by Crippen LogP contribution is -2.63. The molecule has 0 spiro atoms. The number of likely N-dealkylation sites (N-methyl/N-ethyl adjacent to an activating group) is 1. The summed E-state index contributed by atoms with van der Waals surface area (Å²) < 4.78 is 16.3. The van der Waals surface area contributed by atoms with Gasteiger partial charge in [-0.05, 0) is 37.6 Å². The van der Waals surface area contributed by atoms with Crippen molar-refractivity contribution in [2.45, 2.75) is 38.3 Å². The third-order valence-electron chi connectivity index (χ3n) is 5.53. The second-order valence-electron chi connectivity index (χ2n) is 8.59. The Bertz CT molecular complexity index is 938. The van der Waals surface area contributed by atoms with Crippen molar-refractivity contribution in [3.8, 4) is 0 Å². The molecular formula is C21H26BCl2N3O7. The number of halogens is 2. The van der Waals surface area contributed by atoms with Crippen LogP contribution in [0.4, 0.5) is 0 Å². The van der Waals surface area contributed by atoms with Gasteiger partial charge in [-0.3, -0.25) is 24.1 Å². The van der Waals surface area contributed by atoms with E-state index in [9.17, 15) is 19.2 Å². The molecule has 2 aliphatic rings. The molecule has 2 aliphatic heterocycles. The number of nitrogens with zero attached hydrogens (tertiary/aromatic N) is 1. The predicted molar refractivity (Wildman–Crippen MR) is 124 cm³/mol. The Labute approximate surface area is 207 Å². The Hall–Kier alpha value is -2.34. The number of amides is 2. The first kappa shape index (κ1) is 26.3. The van der Waals surface area contributed by atoms with Gasteiger partial charge in [-0.1, -0.05) is 37.0 Å². The molecule has 2 amide bonds. The summed E-state index contributed by atoms with van der Waals surface area (Å²) in [6.07, 6.45) is 0.354. The number of hydrogen-bond acceptors (Lipinski definition) is 8. The lowest BCUT2D eigenvalue weighted by molar-refractivity contribution is -0.166. The summed E-state index contributed by atoms with van der Waals surface area (Å²) in [6, 6.07) is 2.90. The van der Waals surface area contributed by atoms with Gasteiger partial charge in [0, 0.05) is 5.02 Å². The number of benzene rings is 1. The minimum Gasteiger partial charge on any atom is -0.497 e. The topological polar surface area (TPSA) is 123 Å². The Morgan fingerprint density at radius 3 is 2.35 bits per heavy atom. The maximum absolute atomic E-state index is 12.7. The fourth-order valence-electron chi connectivity index (χ4n) is 3.72. The number of rotatable bonds is 7. The number of morpholine rings is 1. The van der Waals surface area contributed by atoms with E-state index in [4.69, 9.17) is 37.2 Å². The third-order valence-corrected chi connectivity index (χ3v) is 6.09. The Morgan fingerprint density at radius 2 is 1.76 bits per heavy atom. The van der Waals surface area contributed by atoms with Crippen LogP contribution >= 0.6 is 23.2 Å². The molecule has 13 heteroatoms. The molecule has 2 bridgehead atoms. The van der Waals surface area contributed by atoms with Crippen LogP contribution in [0, 0.1) is 5.92 Å². The van der Waals surface area contributed by atoms with Crippen molar-refractivity contribution in [1.82, 2.24) is 15.5 Å². The van der Waals surface area contributed by atoms with Crippen LogP contribution in [0.15, 0.2) is 18.2 Å². The first-order valence-electron chi connectivity index (χ1n) is 10.8. The van der Waals surface area contributed by atoms with Crippen molar-refractivity contribution in [3.63, 3.8) is 0 Å². The molecule has 2 heterocycles. The number of hydrogen-bond donors (Lipinski definition) is 2. The van der Waals surface area contributed by atoms with Gasteiger partial charge in [0.25, 0.3) is 5.91 Å². The predicted octanol–water partition coefficient (Wildman–Crippen LogP) is 1.08. The average Bonchev–Trinajstić information content (AvgIpc) is 2.77. The second-order valence-corrected chi connectivity index (χ2v) is 9.43. The van der Waals surface area contributed by atoms with E-state index in [-0.39, 0.29) is 36.3 Å². The molecule has 0 aromatic heterocycles. The zero-order chi connectivity index (χ0) is 25.0. The zero-order valence-corrected chi connectivity index (χ0v) is 20.5. The van der Waals surface area contributed by atoms with Gasteiger partial charge in [0.1, 0.15) is 12.1 Å². The van der Waals surface area contributed by atoms with E-state index < -0.39 is 48.9 Å². The number of carbonyl (C=O) groups is 4. The number of fused-ring (bicyclic) bond motifs is 2. The molecule has 0 radical (unpaired) electrons. The van der Waals surface area contributed by atoms with Crippen LogP contribution in [0.3, 0.4) is 0 Å². The molecule has 2 fully saturated rings. The maximum atomic E-state index is 12.7. The number of ether oxygens (including phenoxy) is 1. The van der Waals surface area contributed by atoms with Gasteiger partial charge >= 0.3 is 19.1 Å². The molecule has 2 N–H and O–H groups in total. The summed E-state index contributed by atoms with van der Waals surface area (Å²) in [5, 5.41) is 5.69. The van der Waals surface area contributed by atoms with E-state index in [1.165, 1.54) is 12.1 Å². The highest BCUT2D eigenvalue weighted by Crippen LogP contribution is 2.21. The molecule has 1 aromatic carbocycles. The van der Waals surface area contributed by atoms with Crippen LogP contribution < -0.4 is 10.6 Å². The summed E-state index contributed by atoms with van der Waals surface area (Å²) in [5.74, 6) is -3.13. The molecule has 3 atom stereocenters. The molecular weight excluding hydrogens is 488 g/mol. The van der Waals surface area contributed by atoms with Crippen LogP contribution in [0.25, 0.3) is 0 Å². The Morgan fingerprint density at radius 1 is 1.15 bits per heavy atom. The van der Waals surface area contributed by atoms with Gasteiger partial charge in [-0.15, -0.1) is 0 Å². The lowest BCUT2D eigenvalue weighted by Gasteiger charge is -2.40. The normalized spacial score (nSPS) is 21.8. The number of nitrogens with one attached hydrogen (secondary N) is 2. The molecule has 3 rings (SSSR count). The first-order chi connectivity index (χ1) is 16.1. The van der Waals surface area contributed by atoms with Gasteiger partial charge in [0.2, 0.25) is 5.91 Å². The highest BCUT2D eigenvalue weighted by molar-refractivity contribution is 6.51. The molecule has 0 aliphatic carbocycles. The monoisotopic (exact) mass is 513 g/mol. The molecule has 184 valence electrons. The molecule has 34 heavy (non-hydrogen) atoms. The van der Waals surface area contributed by atoms with E-state index in [1.807, 2.05) is 13.8 Å². The maximum Gasteiger partial charge on any atom is 0.622 e. The smallest absolute Gasteiger partial charge is 0.497 e. The summed E-state index contributed by atoms with van der Waals surface area (Å²) in [6.45, 7) is 3.61. The quantitative estimate of drug-likeness (QED) is 0.519. The summed E-state index contributed by atoms with van der Waals surface area (Å²) in [5.41, 5.74) is 0.126. The van der Waals surface area contributed by atoms with E-state index in [0.29, 0.717) is 11.4 Å². The second kappa shape index (κ2) is 11.4. The van der Waals surface area contributed by atoms with Crippen molar-refractivity contribution >= 4 is 54.1 Å². The van der Waals surface area contributed by atoms with E-state index >= 15 is 0 Å². The van der Waals surface area contributed by atoms with Crippen LogP contribution in [-0.2, 0) is 28.4 Å². The summed E-state index contributed by atoms with van der Waals surface area (Å²) >= 11 is 11.9. The van der Waals surface area contributed by atoms with Gasteiger partial charge < -0.3 is 24.7 Å². The molecule has 10 nitrogen and oxygen atoms in total. The average molecular weight is 514 g/mol. The van der Waals surface area contributed by atoms with E-state index in [2.05, 4.69) is 10.6 Å². The molecule has 1 unspecified atom stereocenters. The van der Waals surface area contributed by atoms with Crippen molar-refractivity contribution in [2.24, 2.45) is 5.92 Å². The largest absolute Gasteiger partial charge is 0.622 e. The minimum absolute atomic E-state index is 0.0681. The third kappa shape index (κ3) is 6.41. The molecule has 1 aromatic rings. The SMILES string of the molecule is CC(C)CC(NC(=O)CNC(=O)c1cc(Cl)ccc1Cl)B1OC(=O)[C@@H]2COC[C@@H](C(=O)O1)N2C. The minimum atomic E-state index is -1.32. The highest BCUT2D eigenvalue weighted by Gasteiger charge is 2.48. The van der Waals surface area contributed by atoms with Crippen molar-refractivity contribution in [3.05, 3.63) is 33.8 Å². The van der Waals surface area contributed by atoms with Crippen molar-refractivity contribution < 1.29 is 33.2 Å². The van der Waals surface area contributed by atoms with Crippen LogP contribution in [-0.4, -0.2) is 80.6 Å². The van der Waals surface area contributed by atoms with Crippen molar-refractivity contribution in [1.29, 1.82) is 0 Å². The van der Waals surface area contributed by atoms with Gasteiger partial charge in [-0.2, -0.15) is 0 Å². The molecule has 2 saturated heterocycles. The van der Waals surface area contributed by atoms with E-state index in [1.54, 1.807) is 18.0 Å². The number of carbonyl (C=O) groups excluding carboxylic acids is 4. The molecule has 0 saturated carbocycles. The summed E-state index contributed by atoms with van der Waals surface area (Å²) in [4.78, 5) is 52.0. The van der Waals surface area contributed by atoms with Crippen LogP contribution in [0.2, 0.25) is 10.0 Å². The Balaban J connectivity index is 1.68. The van der Waals surface area contributed by atoms with Gasteiger partial charge in [0.15, 0.2) is 0 Å². The standard InChI is InChI=1S/C21H26BCl2N3O7/c1-11(2)6-17(22-33-20(30)15-9-32-10-16(27(15)3)21(31)34-22)26-18(28)8-25-19(29)13-7-12(23)4-5-14(13)24/h4-5,7,11,15-17H,6,8-10H2,1-3H3,(H,25,29)(H,26,28)/t15-,16-,17?/m0/s1. The van der Waals surface area contributed by atoms with Crippen LogP contribution in [0.5, 0.6) is 0 Å². The van der Waals surface area contributed by atoms with Gasteiger partial charge in [-0.25, -0.2) is 0 Å². The summed E-state index contributed by atoms with van der Waals surface area (Å²) in [7, 11) is 0.310. The first-order valence-corrected chi connectivity index (χ1v) is 11.6. The van der Waals surface area contributed by atoms with Crippen LogP contribution in [0.1, 0.15) is 30.6 Å². The fraction of sp³-hybridized carbons (Fsp3) is 0.524. The van der Waals surface area contributed by atoms with E-state index in [0.717, 1.165) is 0 Å². The van der Waals surface area contributed by atoms with Gasteiger partial charge in [0.05, 0.1) is 36.3 Å². The van der Waals surface area contributed by atoms with Crippen molar-refractivity contribution in [2.75, 3.05) is 26.8 Å².